The Balaban J connectivity index is 1.74. The first-order chi connectivity index (χ1) is 10.7. The highest BCUT2D eigenvalue weighted by Crippen LogP contribution is 2.43. The summed E-state index contributed by atoms with van der Waals surface area (Å²) in [5.41, 5.74) is 6.92. The SMILES string of the molecule is N[C@@H]1C(=O)N(c2ccc3c(c2)OCO3)[C@H]1c1ccccc1F. The van der Waals surface area contributed by atoms with Crippen LogP contribution < -0.4 is 20.1 Å². The summed E-state index contributed by atoms with van der Waals surface area (Å²) < 4.78 is 24.6. The maximum absolute atomic E-state index is 14.0. The van der Waals surface area contributed by atoms with Crippen molar-refractivity contribution in [3.05, 3.63) is 53.8 Å². The minimum Gasteiger partial charge on any atom is -0.454 e. The van der Waals surface area contributed by atoms with Crippen molar-refractivity contribution in [2.75, 3.05) is 11.7 Å². The van der Waals surface area contributed by atoms with E-state index >= 15 is 0 Å². The van der Waals surface area contributed by atoms with Crippen molar-refractivity contribution in [2.45, 2.75) is 12.1 Å². The van der Waals surface area contributed by atoms with Gasteiger partial charge in [-0.2, -0.15) is 0 Å². The Kier molecular flexibility index (Phi) is 2.80. The van der Waals surface area contributed by atoms with Crippen LogP contribution in [0.5, 0.6) is 11.5 Å². The molecule has 5 nitrogen and oxygen atoms in total. The predicted molar refractivity (Wildman–Crippen MR) is 77.2 cm³/mol. The molecule has 0 spiro atoms. The van der Waals surface area contributed by atoms with Gasteiger partial charge in [0.05, 0.1) is 6.04 Å². The van der Waals surface area contributed by atoms with Crippen LogP contribution in [0.15, 0.2) is 42.5 Å². The summed E-state index contributed by atoms with van der Waals surface area (Å²) in [6.07, 6.45) is 0. The molecule has 2 atom stereocenters. The van der Waals surface area contributed by atoms with Crippen molar-refractivity contribution < 1.29 is 18.7 Å². The van der Waals surface area contributed by atoms with Gasteiger partial charge in [0, 0.05) is 17.3 Å². The molecular weight excluding hydrogens is 287 g/mol. The number of β-lactam (4-membered cyclic amide) rings is 1. The monoisotopic (exact) mass is 300 g/mol. The lowest BCUT2D eigenvalue weighted by Crippen LogP contribution is -2.63. The number of nitrogens with two attached hydrogens (primary N) is 1. The van der Waals surface area contributed by atoms with Crippen LogP contribution in [0.4, 0.5) is 10.1 Å². The molecule has 1 fully saturated rings. The molecule has 1 saturated heterocycles. The molecule has 112 valence electrons. The fraction of sp³-hybridized carbons (Fsp3) is 0.188. The lowest BCUT2D eigenvalue weighted by molar-refractivity contribution is -0.126. The summed E-state index contributed by atoms with van der Waals surface area (Å²) in [6, 6.07) is 10.3. The fourth-order valence-corrected chi connectivity index (χ4v) is 2.88. The zero-order chi connectivity index (χ0) is 15.3. The van der Waals surface area contributed by atoms with Crippen LogP contribution in [-0.2, 0) is 4.79 Å². The van der Waals surface area contributed by atoms with E-state index in [0.29, 0.717) is 22.7 Å². The number of carbonyl (C=O) groups is 1. The van der Waals surface area contributed by atoms with Gasteiger partial charge in [-0.05, 0) is 18.2 Å². The molecule has 22 heavy (non-hydrogen) atoms. The number of hydrogen-bond acceptors (Lipinski definition) is 4. The van der Waals surface area contributed by atoms with E-state index in [4.69, 9.17) is 15.2 Å². The summed E-state index contributed by atoms with van der Waals surface area (Å²) >= 11 is 0. The fourth-order valence-electron chi connectivity index (χ4n) is 2.88. The molecule has 0 unspecified atom stereocenters. The van der Waals surface area contributed by atoms with E-state index in [1.54, 1.807) is 36.4 Å². The highest BCUT2D eigenvalue weighted by molar-refractivity contribution is 6.05. The van der Waals surface area contributed by atoms with Gasteiger partial charge in [0.15, 0.2) is 11.5 Å². The summed E-state index contributed by atoms with van der Waals surface area (Å²) in [7, 11) is 0. The predicted octanol–water partition coefficient (Wildman–Crippen LogP) is 1.97. The van der Waals surface area contributed by atoms with Crippen molar-refractivity contribution >= 4 is 11.6 Å². The molecule has 0 aromatic heterocycles. The Morgan fingerprint density at radius 2 is 1.91 bits per heavy atom. The number of ether oxygens (including phenoxy) is 2. The third-order valence-electron chi connectivity index (χ3n) is 4.00. The average molecular weight is 300 g/mol. The number of carbonyl (C=O) groups excluding carboxylic acids is 1. The minimum atomic E-state index is -0.748. The first-order valence-corrected chi connectivity index (χ1v) is 6.89. The Labute approximate surface area is 126 Å². The first-order valence-electron chi connectivity index (χ1n) is 6.89. The van der Waals surface area contributed by atoms with Crippen molar-refractivity contribution in [1.82, 2.24) is 0 Å². The van der Waals surface area contributed by atoms with E-state index in [9.17, 15) is 9.18 Å². The van der Waals surface area contributed by atoms with E-state index in [1.165, 1.54) is 11.0 Å². The van der Waals surface area contributed by atoms with Gasteiger partial charge in [0.25, 0.3) is 0 Å². The van der Waals surface area contributed by atoms with Crippen LogP contribution >= 0.6 is 0 Å². The van der Waals surface area contributed by atoms with Gasteiger partial charge >= 0.3 is 0 Å². The van der Waals surface area contributed by atoms with Crippen LogP contribution in [0.1, 0.15) is 11.6 Å². The van der Waals surface area contributed by atoms with Gasteiger partial charge in [-0.1, -0.05) is 18.2 Å². The summed E-state index contributed by atoms with van der Waals surface area (Å²) in [5.74, 6) is 0.579. The lowest BCUT2D eigenvalue weighted by Gasteiger charge is -2.45. The Bertz CT molecular complexity index is 765. The quantitative estimate of drug-likeness (QED) is 0.861. The number of benzene rings is 2. The van der Waals surface area contributed by atoms with Crippen LogP contribution in [0.2, 0.25) is 0 Å². The Hall–Kier alpha value is -2.60. The maximum Gasteiger partial charge on any atom is 0.247 e. The van der Waals surface area contributed by atoms with Crippen LogP contribution in [0, 0.1) is 5.82 Å². The van der Waals surface area contributed by atoms with Crippen LogP contribution in [-0.4, -0.2) is 18.7 Å². The second-order valence-corrected chi connectivity index (χ2v) is 5.24. The normalized spacial score (nSPS) is 22.6. The molecule has 2 N–H and O–H groups in total. The van der Waals surface area contributed by atoms with Gasteiger partial charge < -0.3 is 20.1 Å². The van der Waals surface area contributed by atoms with Crippen molar-refractivity contribution in [2.24, 2.45) is 5.73 Å². The molecule has 2 aliphatic heterocycles. The first kappa shape index (κ1) is 13.1. The van der Waals surface area contributed by atoms with Crippen molar-refractivity contribution in [1.29, 1.82) is 0 Å². The summed E-state index contributed by atoms with van der Waals surface area (Å²) in [4.78, 5) is 13.7. The Morgan fingerprint density at radius 3 is 2.73 bits per heavy atom. The van der Waals surface area contributed by atoms with Gasteiger partial charge in [0.2, 0.25) is 12.7 Å². The van der Waals surface area contributed by atoms with Crippen LogP contribution in [0.3, 0.4) is 0 Å². The number of halogens is 1. The van der Waals surface area contributed by atoms with E-state index in [1.807, 2.05) is 0 Å². The molecule has 2 aromatic rings. The maximum atomic E-state index is 14.0. The number of fused-ring (bicyclic) bond motifs is 1. The molecule has 0 aliphatic carbocycles. The van der Waals surface area contributed by atoms with Crippen molar-refractivity contribution in [3.8, 4) is 11.5 Å². The van der Waals surface area contributed by atoms with Crippen LogP contribution in [0.25, 0.3) is 0 Å². The van der Waals surface area contributed by atoms with E-state index in [2.05, 4.69) is 0 Å². The number of anilines is 1. The number of hydrogen-bond donors (Lipinski definition) is 1. The lowest BCUT2D eigenvalue weighted by atomic mass is 9.88. The molecule has 0 radical (unpaired) electrons. The Morgan fingerprint density at radius 1 is 1.14 bits per heavy atom. The summed E-state index contributed by atoms with van der Waals surface area (Å²) in [5, 5.41) is 0. The second-order valence-electron chi connectivity index (χ2n) is 5.24. The standard InChI is InChI=1S/C16H13FN2O3/c17-11-4-2-1-3-10(11)15-14(18)16(20)19(15)9-5-6-12-13(7-9)22-8-21-12/h1-7,14-15H,8,18H2/t14-,15-/m0/s1. The highest BCUT2D eigenvalue weighted by Gasteiger charge is 2.47. The molecule has 6 heteroatoms. The summed E-state index contributed by atoms with van der Waals surface area (Å²) in [6.45, 7) is 0.156. The molecule has 4 rings (SSSR count). The van der Waals surface area contributed by atoms with Crippen molar-refractivity contribution in [3.63, 3.8) is 0 Å². The molecule has 0 saturated carbocycles. The average Bonchev–Trinajstić information content (AvgIpc) is 3.00. The number of nitrogens with zero attached hydrogens (tertiary/aromatic N) is 1. The van der Waals surface area contributed by atoms with E-state index in [-0.39, 0.29) is 18.5 Å². The molecule has 0 bridgehead atoms. The zero-order valence-corrected chi connectivity index (χ0v) is 11.5. The third-order valence-corrected chi connectivity index (χ3v) is 4.00. The second kappa shape index (κ2) is 4.71. The van der Waals surface area contributed by atoms with Gasteiger partial charge in [-0.3, -0.25) is 4.79 Å². The number of rotatable bonds is 2. The largest absolute Gasteiger partial charge is 0.454 e. The molecule has 1 amide bonds. The van der Waals surface area contributed by atoms with Gasteiger partial charge in [-0.15, -0.1) is 0 Å². The van der Waals surface area contributed by atoms with Gasteiger partial charge in [0.1, 0.15) is 11.9 Å². The smallest absolute Gasteiger partial charge is 0.247 e. The topological polar surface area (TPSA) is 64.8 Å². The molecule has 2 aliphatic rings. The number of amides is 1. The van der Waals surface area contributed by atoms with E-state index < -0.39 is 12.1 Å². The van der Waals surface area contributed by atoms with Gasteiger partial charge in [-0.25, -0.2) is 4.39 Å². The van der Waals surface area contributed by atoms with E-state index in [0.717, 1.165) is 0 Å². The molecule has 2 heterocycles. The zero-order valence-electron chi connectivity index (χ0n) is 11.5. The third kappa shape index (κ3) is 1.77. The molecule has 2 aromatic carbocycles. The minimum absolute atomic E-state index is 0.156. The highest BCUT2D eigenvalue weighted by atomic mass is 19.1. The molecular formula is C16H13FN2O3.